The molecule has 0 rings (SSSR count). The third kappa shape index (κ3) is 64.5. The molecule has 0 saturated heterocycles. The lowest BCUT2D eigenvalue weighted by atomic mass is 9.99. The molecule has 0 aromatic carbocycles. The van der Waals surface area contributed by atoms with E-state index in [9.17, 15) is 43.2 Å². The van der Waals surface area contributed by atoms with E-state index in [-0.39, 0.29) is 25.7 Å². The minimum atomic E-state index is -4.96. The zero-order chi connectivity index (χ0) is 68.9. The van der Waals surface area contributed by atoms with Crippen LogP contribution in [0.15, 0.2) is 0 Å². The number of phosphoric ester groups is 2. The van der Waals surface area contributed by atoms with Gasteiger partial charge >= 0.3 is 39.5 Å². The van der Waals surface area contributed by atoms with Crippen LogP contribution >= 0.6 is 15.6 Å². The van der Waals surface area contributed by atoms with Gasteiger partial charge in [0.1, 0.15) is 19.3 Å². The molecule has 0 aliphatic carbocycles. The lowest BCUT2D eigenvalue weighted by Crippen LogP contribution is -2.30. The molecular formula is C74H144O17P2. The van der Waals surface area contributed by atoms with Gasteiger partial charge in [-0.2, -0.15) is 0 Å². The molecule has 0 aliphatic rings. The summed E-state index contributed by atoms with van der Waals surface area (Å²) in [6, 6.07) is 0. The molecule has 0 fully saturated rings. The lowest BCUT2D eigenvalue weighted by molar-refractivity contribution is -0.161. The van der Waals surface area contributed by atoms with Gasteiger partial charge in [0.2, 0.25) is 0 Å². The summed E-state index contributed by atoms with van der Waals surface area (Å²) < 4.78 is 68.4. The van der Waals surface area contributed by atoms with E-state index in [0.717, 1.165) is 120 Å². The van der Waals surface area contributed by atoms with Crippen molar-refractivity contribution in [3.63, 3.8) is 0 Å². The predicted molar refractivity (Wildman–Crippen MR) is 377 cm³/mol. The fourth-order valence-electron chi connectivity index (χ4n) is 11.1. The fraction of sp³-hybridized carbons (Fsp3) is 0.946. The summed E-state index contributed by atoms with van der Waals surface area (Å²) in [4.78, 5) is 72.7. The van der Waals surface area contributed by atoms with Gasteiger partial charge in [-0.25, -0.2) is 9.13 Å². The Morgan fingerprint density at radius 3 is 0.763 bits per heavy atom. The first-order chi connectivity index (χ1) is 44.7. The Kier molecular flexibility index (Phi) is 62.2. The molecule has 0 aliphatic heterocycles. The molecule has 3 N–H and O–H groups in total. The maximum atomic E-state index is 13.1. The lowest BCUT2D eigenvalue weighted by Gasteiger charge is -2.21. The second kappa shape index (κ2) is 63.5. The van der Waals surface area contributed by atoms with Crippen LogP contribution in [0.25, 0.3) is 0 Å². The molecule has 17 nitrogen and oxygen atoms in total. The Morgan fingerprint density at radius 1 is 0.301 bits per heavy atom. The third-order valence-electron chi connectivity index (χ3n) is 18.2. The van der Waals surface area contributed by atoms with Crippen LogP contribution in [0.3, 0.4) is 0 Å². The first-order valence-electron chi connectivity index (χ1n) is 38.3. The molecule has 8 atom stereocenters. The quantitative estimate of drug-likeness (QED) is 0.0222. The number of aliphatic hydroxyl groups excluding tert-OH is 1. The van der Waals surface area contributed by atoms with E-state index in [2.05, 4.69) is 55.4 Å². The third-order valence-corrected chi connectivity index (χ3v) is 20.1. The standard InChI is InChI=1S/C74H144O17P2/c1-9-65(6)51-43-35-27-20-16-14-12-13-15-17-22-30-40-48-56-73(78)90-69(60-84-71(76)54-46-38-29-25-24-26-34-42-50-64(4)5)62-88-92(80,81)86-58-68(75)59-87-93(82,83)89-63-70(61-85-72(77)55-47-39-33-32-37-45-53-67(8)11-3)91-74(79)57-49-41-31-23-19-18-21-28-36-44-52-66(7)10-2/h64-70,75H,9-63H2,1-8H3,(H,80,81)(H,82,83)/t65?,66?,67?,68-,69-,70-/m1/s1. The molecule has 0 amide bonds. The largest absolute Gasteiger partial charge is 0.472 e. The van der Waals surface area contributed by atoms with Crippen molar-refractivity contribution in [3.05, 3.63) is 0 Å². The molecule has 5 unspecified atom stereocenters. The number of carbonyl (C=O) groups excluding carboxylic acids is 4. The van der Waals surface area contributed by atoms with E-state index < -0.39 is 97.5 Å². The smallest absolute Gasteiger partial charge is 0.462 e. The molecule has 0 aromatic rings. The molecule has 0 bridgehead atoms. The van der Waals surface area contributed by atoms with Gasteiger partial charge in [0.15, 0.2) is 12.2 Å². The van der Waals surface area contributed by atoms with Crippen molar-refractivity contribution >= 4 is 39.5 Å². The minimum Gasteiger partial charge on any atom is -0.462 e. The maximum absolute atomic E-state index is 13.1. The van der Waals surface area contributed by atoms with Crippen LogP contribution in [0.5, 0.6) is 0 Å². The first-order valence-corrected chi connectivity index (χ1v) is 41.3. The van der Waals surface area contributed by atoms with Crippen LogP contribution in [0.4, 0.5) is 0 Å². The second-order valence-corrected chi connectivity index (χ2v) is 30.8. The van der Waals surface area contributed by atoms with E-state index in [0.29, 0.717) is 25.7 Å². The molecule has 0 heterocycles. The molecule has 0 radical (unpaired) electrons. The highest BCUT2D eigenvalue weighted by atomic mass is 31.2. The van der Waals surface area contributed by atoms with Crippen molar-refractivity contribution in [2.75, 3.05) is 39.6 Å². The number of rotatable bonds is 71. The monoisotopic (exact) mass is 1370 g/mol. The van der Waals surface area contributed by atoms with Gasteiger partial charge < -0.3 is 33.8 Å². The van der Waals surface area contributed by atoms with Crippen molar-refractivity contribution in [3.8, 4) is 0 Å². The number of hydrogen-bond donors (Lipinski definition) is 3. The second-order valence-electron chi connectivity index (χ2n) is 27.9. The van der Waals surface area contributed by atoms with Crippen LogP contribution in [0.2, 0.25) is 0 Å². The van der Waals surface area contributed by atoms with Gasteiger partial charge in [-0.1, -0.05) is 319 Å². The molecular weight excluding hydrogens is 1220 g/mol. The number of ether oxygens (including phenoxy) is 4. The highest BCUT2D eigenvalue weighted by Gasteiger charge is 2.30. The minimum absolute atomic E-state index is 0.105. The van der Waals surface area contributed by atoms with Gasteiger partial charge in [0.25, 0.3) is 0 Å². The molecule has 0 spiro atoms. The Bertz CT molecular complexity index is 1840. The van der Waals surface area contributed by atoms with Gasteiger partial charge in [0, 0.05) is 25.7 Å². The fourth-order valence-corrected chi connectivity index (χ4v) is 12.7. The molecule has 19 heteroatoms. The summed E-state index contributed by atoms with van der Waals surface area (Å²) in [5.74, 6) is 0.981. The number of unbranched alkanes of at least 4 members (excludes halogenated alkanes) is 34. The van der Waals surface area contributed by atoms with E-state index in [1.165, 1.54) is 167 Å². The first kappa shape index (κ1) is 91.1. The summed E-state index contributed by atoms with van der Waals surface area (Å²) in [6.45, 7) is 14.2. The average Bonchev–Trinajstić information content (AvgIpc) is 2.23. The Hall–Kier alpha value is -1.94. The number of esters is 4. The van der Waals surface area contributed by atoms with E-state index in [1.54, 1.807) is 0 Å². The normalized spacial score (nSPS) is 15.1. The topological polar surface area (TPSA) is 237 Å². The van der Waals surface area contributed by atoms with Crippen LogP contribution < -0.4 is 0 Å². The summed E-state index contributed by atoms with van der Waals surface area (Å²) >= 11 is 0. The van der Waals surface area contributed by atoms with Crippen molar-refractivity contribution in [1.82, 2.24) is 0 Å². The van der Waals surface area contributed by atoms with Crippen LogP contribution in [0, 0.1) is 23.7 Å². The Labute approximate surface area is 568 Å². The Morgan fingerprint density at radius 2 is 0.516 bits per heavy atom. The molecule has 93 heavy (non-hydrogen) atoms. The van der Waals surface area contributed by atoms with Crippen LogP contribution in [-0.2, 0) is 65.4 Å². The number of carbonyl (C=O) groups is 4. The van der Waals surface area contributed by atoms with Gasteiger partial charge in [-0.3, -0.25) is 37.3 Å². The SMILES string of the molecule is CCC(C)CCCCCCCCCCCCCCCCC(=O)O[C@H](COC(=O)CCCCCCCCCCC(C)C)COP(=O)(O)OC[C@@H](O)COP(=O)(O)OC[C@@H](COC(=O)CCCCCCCCC(C)CC)OC(=O)CCCCCCCCCCCCC(C)CC. The van der Waals surface area contributed by atoms with E-state index in [4.69, 9.17) is 37.0 Å². The van der Waals surface area contributed by atoms with Crippen molar-refractivity contribution in [1.29, 1.82) is 0 Å². The molecule has 552 valence electrons. The summed E-state index contributed by atoms with van der Waals surface area (Å²) in [5, 5.41) is 10.6. The summed E-state index contributed by atoms with van der Waals surface area (Å²) in [7, 11) is -9.91. The average molecular weight is 1370 g/mol. The zero-order valence-electron chi connectivity index (χ0n) is 60.9. The van der Waals surface area contributed by atoms with Gasteiger partial charge in [0.05, 0.1) is 26.4 Å². The van der Waals surface area contributed by atoms with Crippen molar-refractivity contribution in [2.45, 2.75) is 388 Å². The van der Waals surface area contributed by atoms with Crippen LogP contribution in [0.1, 0.15) is 370 Å². The van der Waals surface area contributed by atoms with Crippen LogP contribution in [-0.4, -0.2) is 96.7 Å². The van der Waals surface area contributed by atoms with Crippen molar-refractivity contribution < 1.29 is 80.2 Å². The number of hydrogen-bond acceptors (Lipinski definition) is 15. The van der Waals surface area contributed by atoms with E-state index in [1.807, 2.05) is 0 Å². The predicted octanol–water partition coefficient (Wildman–Crippen LogP) is 21.3. The molecule has 0 aromatic heterocycles. The zero-order valence-corrected chi connectivity index (χ0v) is 62.7. The molecule has 0 saturated carbocycles. The summed E-state index contributed by atoms with van der Waals surface area (Å²) in [5.41, 5.74) is 0. The van der Waals surface area contributed by atoms with Gasteiger partial charge in [-0.15, -0.1) is 0 Å². The maximum Gasteiger partial charge on any atom is 0.472 e. The Balaban J connectivity index is 5.25. The number of aliphatic hydroxyl groups is 1. The highest BCUT2D eigenvalue weighted by molar-refractivity contribution is 7.47. The number of phosphoric acid groups is 2. The summed E-state index contributed by atoms with van der Waals surface area (Å²) in [6.07, 6.45) is 47.1. The van der Waals surface area contributed by atoms with E-state index >= 15 is 0 Å². The van der Waals surface area contributed by atoms with Gasteiger partial charge in [-0.05, 0) is 49.4 Å². The highest BCUT2D eigenvalue weighted by Crippen LogP contribution is 2.45. The van der Waals surface area contributed by atoms with Crippen molar-refractivity contribution in [2.24, 2.45) is 23.7 Å².